The molecule has 0 saturated carbocycles. The molecule has 60 valence electrons. The summed E-state index contributed by atoms with van der Waals surface area (Å²) in [5.74, 6) is -0.555. The monoisotopic (exact) mass is 174 g/mol. The van der Waals surface area contributed by atoms with E-state index in [1.165, 1.54) is 6.07 Å². The van der Waals surface area contributed by atoms with E-state index in [1.54, 1.807) is 6.07 Å². The lowest BCUT2D eigenvalue weighted by Crippen LogP contribution is -2.03. The third-order valence-corrected chi connectivity index (χ3v) is 1.45. The van der Waals surface area contributed by atoms with Crippen LogP contribution in [-0.4, -0.2) is 11.5 Å². The van der Waals surface area contributed by atoms with Gasteiger partial charge in [-0.2, -0.15) is 4.39 Å². The van der Waals surface area contributed by atoms with Crippen molar-refractivity contribution >= 4 is 11.6 Å². The molecule has 0 aliphatic carbocycles. The highest BCUT2D eigenvalue weighted by Crippen LogP contribution is 2.09. The largest absolute Gasteiger partial charge is 0.330 e. The van der Waals surface area contributed by atoms with Crippen LogP contribution in [0.1, 0.15) is 5.56 Å². The Morgan fingerprint density at radius 2 is 2.27 bits per heavy atom. The molecule has 0 fully saturated rings. The molecule has 1 heterocycles. The second kappa shape index (κ2) is 3.64. The van der Waals surface area contributed by atoms with Gasteiger partial charge in [0.15, 0.2) is 0 Å². The van der Waals surface area contributed by atoms with E-state index in [0.717, 1.165) is 5.56 Å². The summed E-state index contributed by atoms with van der Waals surface area (Å²) in [6.07, 6.45) is 0.624. The second-order valence-electron chi connectivity index (χ2n) is 2.16. The molecular formula is C7H8ClFN2. The van der Waals surface area contributed by atoms with Gasteiger partial charge in [-0.1, -0.05) is 11.6 Å². The molecule has 0 spiro atoms. The lowest BCUT2D eigenvalue weighted by Gasteiger charge is -1.98. The van der Waals surface area contributed by atoms with Gasteiger partial charge in [-0.25, -0.2) is 4.98 Å². The molecule has 4 heteroatoms. The van der Waals surface area contributed by atoms with Crippen molar-refractivity contribution in [1.29, 1.82) is 0 Å². The third-order valence-electron chi connectivity index (χ3n) is 1.26. The van der Waals surface area contributed by atoms with Crippen LogP contribution in [0, 0.1) is 5.95 Å². The first-order chi connectivity index (χ1) is 5.22. The molecule has 2 N–H and O–H groups in total. The summed E-state index contributed by atoms with van der Waals surface area (Å²) in [7, 11) is 0. The Hall–Kier alpha value is -0.670. The molecule has 0 aliphatic heterocycles. The summed E-state index contributed by atoms with van der Waals surface area (Å²) in [5, 5.41) is 0.174. The molecule has 1 aromatic heterocycles. The molecule has 0 radical (unpaired) electrons. The number of nitrogens with two attached hydrogens (primary N) is 1. The predicted octanol–water partition coefficient (Wildman–Crippen LogP) is 1.38. The maximum atomic E-state index is 12.5. The van der Waals surface area contributed by atoms with Crippen molar-refractivity contribution in [1.82, 2.24) is 4.98 Å². The Morgan fingerprint density at radius 1 is 1.55 bits per heavy atom. The summed E-state index contributed by atoms with van der Waals surface area (Å²) in [5.41, 5.74) is 6.06. The molecule has 0 atom stereocenters. The van der Waals surface area contributed by atoms with Crippen molar-refractivity contribution in [2.75, 3.05) is 6.54 Å². The highest BCUT2D eigenvalue weighted by molar-refractivity contribution is 6.29. The van der Waals surface area contributed by atoms with Gasteiger partial charge < -0.3 is 5.73 Å². The number of hydrogen-bond donors (Lipinski definition) is 1. The first-order valence-electron chi connectivity index (χ1n) is 3.24. The highest BCUT2D eigenvalue weighted by atomic mass is 35.5. The van der Waals surface area contributed by atoms with E-state index in [-0.39, 0.29) is 5.15 Å². The maximum Gasteiger partial charge on any atom is 0.214 e. The van der Waals surface area contributed by atoms with E-state index in [2.05, 4.69) is 4.98 Å². The van der Waals surface area contributed by atoms with Crippen molar-refractivity contribution in [3.63, 3.8) is 0 Å². The maximum absolute atomic E-state index is 12.5. The normalized spacial score (nSPS) is 10.1. The zero-order valence-corrected chi connectivity index (χ0v) is 6.61. The quantitative estimate of drug-likeness (QED) is 0.688. The van der Waals surface area contributed by atoms with Gasteiger partial charge in [0.25, 0.3) is 0 Å². The molecule has 0 bridgehead atoms. The molecule has 11 heavy (non-hydrogen) atoms. The second-order valence-corrected chi connectivity index (χ2v) is 2.55. The molecular weight excluding hydrogens is 167 g/mol. The van der Waals surface area contributed by atoms with Crippen molar-refractivity contribution in [3.8, 4) is 0 Å². The van der Waals surface area contributed by atoms with Crippen LogP contribution in [-0.2, 0) is 6.42 Å². The number of aromatic nitrogens is 1. The number of rotatable bonds is 2. The van der Waals surface area contributed by atoms with Crippen LogP contribution in [0.4, 0.5) is 4.39 Å². The van der Waals surface area contributed by atoms with E-state index < -0.39 is 5.95 Å². The fourth-order valence-corrected chi connectivity index (χ4v) is 1.05. The van der Waals surface area contributed by atoms with Crippen LogP contribution < -0.4 is 5.73 Å². The minimum atomic E-state index is -0.555. The van der Waals surface area contributed by atoms with Crippen molar-refractivity contribution in [2.24, 2.45) is 5.73 Å². The minimum absolute atomic E-state index is 0.174. The van der Waals surface area contributed by atoms with E-state index >= 15 is 0 Å². The standard InChI is InChI=1S/C7H8ClFN2/c8-6-3-5(1-2-10)4-7(9)11-6/h3-4H,1-2,10H2. The molecule has 1 aromatic rings. The van der Waals surface area contributed by atoms with Crippen molar-refractivity contribution in [3.05, 3.63) is 28.8 Å². The van der Waals surface area contributed by atoms with Gasteiger partial charge in [-0.3, -0.25) is 0 Å². The Kier molecular flexibility index (Phi) is 2.79. The molecule has 0 unspecified atom stereocenters. The SMILES string of the molecule is NCCc1cc(F)nc(Cl)c1. The van der Waals surface area contributed by atoms with Gasteiger partial charge in [-0.15, -0.1) is 0 Å². The summed E-state index contributed by atoms with van der Waals surface area (Å²) >= 11 is 5.49. The first kappa shape index (κ1) is 8.43. The number of hydrogen-bond acceptors (Lipinski definition) is 2. The topological polar surface area (TPSA) is 38.9 Å². The summed E-state index contributed by atoms with van der Waals surface area (Å²) in [4.78, 5) is 3.37. The molecule has 0 saturated heterocycles. The van der Waals surface area contributed by atoms with Crippen LogP contribution >= 0.6 is 11.6 Å². The average Bonchev–Trinajstić information content (AvgIpc) is 1.85. The lowest BCUT2D eigenvalue weighted by atomic mass is 10.2. The first-order valence-corrected chi connectivity index (χ1v) is 3.62. The van der Waals surface area contributed by atoms with Gasteiger partial charge in [0.2, 0.25) is 5.95 Å². The van der Waals surface area contributed by atoms with Gasteiger partial charge in [0, 0.05) is 0 Å². The molecule has 1 rings (SSSR count). The summed E-state index contributed by atoms with van der Waals surface area (Å²) in [6.45, 7) is 0.486. The van der Waals surface area contributed by atoms with Gasteiger partial charge in [-0.05, 0) is 30.7 Å². The minimum Gasteiger partial charge on any atom is -0.330 e. The Labute approximate surface area is 69.2 Å². The van der Waals surface area contributed by atoms with Crippen molar-refractivity contribution < 1.29 is 4.39 Å². The van der Waals surface area contributed by atoms with Crippen LogP contribution in [0.5, 0.6) is 0 Å². The molecule has 0 aliphatic rings. The van der Waals surface area contributed by atoms with E-state index in [1.807, 2.05) is 0 Å². The summed E-state index contributed by atoms with van der Waals surface area (Å²) < 4.78 is 12.5. The summed E-state index contributed by atoms with van der Waals surface area (Å²) in [6, 6.07) is 2.94. The van der Waals surface area contributed by atoms with Crippen LogP contribution in [0.2, 0.25) is 5.15 Å². The predicted molar refractivity (Wildman–Crippen MR) is 42.0 cm³/mol. The van der Waals surface area contributed by atoms with Gasteiger partial charge in [0.1, 0.15) is 5.15 Å². The van der Waals surface area contributed by atoms with E-state index in [0.29, 0.717) is 13.0 Å². The highest BCUT2D eigenvalue weighted by Gasteiger charge is 1.98. The van der Waals surface area contributed by atoms with Crippen molar-refractivity contribution in [2.45, 2.75) is 6.42 Å². The van der Waals surface area contributed by atoms with Crippen LogP contribution in [0.15, 0.2) is 12.1 Å². The Bertz CT molecular complexity index is 232. The lowest BCUT2D eigenvalue weighted by molar-refractivity contribution is 0.581. The number of nitrogens with zero attached hydrogens (tertiary/aromatic N) is 1. The zero-order chi connectivity index (χ0) is 8.27. The molecule has 0 amide bonds. The fourth-order valence-electron chi connectivity index (χ4n) is 0.825. The third kappa shape index (κ3) is 2.44. The van der Waals surface area contributed by atoms with Gasteiger partial charge >= 0.3 is 0 Å². The van der Waals surface area contributed by atoms with Gasteiger partial charge in [0.05, 0.1) is 0 Å². The zero-order valence-electron chi connectivity index (χ0n) is 5.85. The van der Waals surface area contributed by atoms with Crippen LogP contribution in [0.3, 0.4) is 0 Å². The Morgan fingerprint density at radius 3 is 2.82 bits per heavy atom. The number of pyridine rings is 1. The van der Waals surface area contributed by atoms with Crippen LogP contribution in [0.25, 0.3) is 0 Å². The number of halogens is 2. The fraction of sp³-hybridized carbons (Fsp3) is 0.286. The smallest absolute Gasteiger partial charge is 0.214 e. The average molecular weight is 175 g/mol. The van der Waals surface area contributed by atoms with E-state index in [9.17, 15) is 4.39 Å². The molecule has 2 nitrogen and oxygen atoms in total. The molecule has 0 aromatic carbocycles. The van der Waals surface area contributed by atoms with E-state index in [4.69, 9.17) is 17.3 Å². The Balaban J connectivity index is 2.89.